The molecule has 5 nitrogen and oxygen atoms in total. The minimum Gasteiger partial charge on any atom is -0.459 e. The van der Waals surface area contributed by atoms with Gasteiger partial charge in [-0.1, -0.05) is 13.3 Å². The molecule has 1 atom stereocenters. The van der Waals surface area contributed by atoms with Gasteiger partial charge in [0.25, 0.3) is 0 Å². The number of carbonyl (C=O) groups is 2. The van der Waals surface area contributed by atoms with Crippen molar-refractivity contribution in [1.82, 2.24) is 0 Å². The summed E-state index contributed by atoms with van der Waals surface area (Å²) < 4.78 is 39.2. The van der Waals surface area contributed by atoms with E-state index in [4.69, 9.17) is 9.47 Å². The van der Waals surface area contributed by atoms with Crippen molar-refractivity contribution in [3.8, 4) is 6.07 Å². The van der Waals surface area contributed by atoms with Gasteiger partial charge in [-0.15, -0.1) is 0 Å². The van der Waals surface area contributed by atoms with E-state index >= 15 is 0 Å². The molecular weight excluding hydrogens is 404 g/mol. The fourth-order valence-electron chi connectivity index (χ4n) is 3.33. The Hall–Kier alpha value is -2.49. The molecule has 1 aromatic rings. The van der Waals surface area contributed by atoms with Gasteiger partial charge < -0.3 is 9.47 Å². The van der Waals surface area contributed by atoms with Crippen molar-refractivity contribution in [3.63, 3.8) is 0 Å². The molecule has 1 rings (SSSR count). The van der Waals surface area contributed by atoms with E-state index in [1.54, 1.807) is 41.5 Å². The molecular formula is C24H33F2NO4. The molecule has 1 unspecified atom stereocenters. The zero-order valence-corrected chi connectivity index (χ0v) is 19.5. The van der Waals surface area contributed by atoms with Gasteiger partial charge in [-0.25, -0.2) is 8.78 Å². The van der Waals surface area contributed by atoms with Gasteiger partial charge in [0.15, 0.2) is 5.92 Å². The van der Waals surface area contributed by atoms with Crippen LogP contribution >= 0.6 is 0 Å². The Labute approximate surface area is 183 Å². The van der Waals surface area contributed by atoms with Crippen molar-refractivity contribution in [2.75, 3.05) is 0 Å². The first-order valence-corrected chi connectivity index (χ1v) is 10.5. The Morgan fingerprint density at radius 2 is 1.52 bits per heavy atom. The summed E-state index contributed by atoms with van der Waals surface area (Å²) in [6.45, 7) is 11.9. The highest BCUT2D eigenvalue weighted by molar-refractivity contribution is 5.95. The average Bonchev–Trinajstić information content (AvgIpc) is 2.60. The molecule has 0 saturated heterocycles. The van der Waals surface area contributed by atoms with Gasteiger partial charge in [0.2, 0.25) is 0 Å². The van der Waals surface area contributed by atoms with Crippen LogP contribution in [0.25, 0.3) is 0 Å². The zero-order chi connectivity index (χ0) is 24.0. The lowest BCUT2D eigenvalue weighted by molar-refractivity contribution is -0.174. The van der Waals surface area contributed by atoms with Crippen LogP contribution in [0, 0.1) is 28.9 Å². The van der Waals surface area contributed by atoms with Gasteiger partial charge in [0.05, 0.1) is 11.5 Å². The Bertz CT molecular complexity index is 805. The third-order valence-electron chi connectivity index (χ3n) is 4.58. The van der Waals surface area contributed by atoms with Crippen LogP contribution in [0.1, 0.15) is 79.7 Å². The van der Waals surface area contributed by atoms with E-state index in [9.17, 15) is 23.6 Å². The summed E-state index contributed by atoms with van der Waals surface area (Å²) in [7, 11) is 0. The maximum atomic E-state index is 14.6. The van der Waals surface area contributed by atoms with Crippen LogP contribution in [-0.4, -0.2) is 23.1 Å². The average molecular weight is 438 g/mol. The van der Waals surface area contributed by atoms with Crippen LogP contribution in [0.2, 0.25) is 0 Å². The molecule has 7 heteroatoms. The SMILES string of the molecule is CCCC(C#N)(CCC(C(=O)OC(C)(C)C)C(=O)OC(C)(C)C)c1cc(F)ccc1F. The second-order valence-corrected chi connectivity index (χ2v) is 9.73. The van der Waals surface area contributed by atoms with Gasteiger partial charge in [-0.05, 0) is 79.0 Å². The Morgan fingerprint density at radius 3 is 1.94 bits per heavy atom. The second-order valence-electron chi connectivity index (χ2n) is 9.73. The lowest BCUT2D eigenvalue weighted by atomic mass is 9.73. The van der Waals surface area contributed by atoms with E-state index in [1.807, 2.05) is 6.92 Å². The van der Waals surface area contributed by atoms with Crippen LogP contribution in [0.4, 0.5) is 8.78 Å². The van der Waals surface area contributed by atoms with E-state index < -0.39 is 46.1 Å². The van der Waals surface area contributed by atoms with Crippen molar-refractivity contribution in [3.05, 3.63) is 35.4 Å². The summed E-state index contributed by atoms with van der Waals surface area (Å²) in [6.07, 6.45) is 0.612. The molecule has 0 radical (unpaired) electrons. The van der Waals surface area contributed by atoms with E-state index in [0.717, 1.165) is 18.2 Å². The first-order valence-electron chi connectivity index (χ1n) is 10.5. The third kappa shape index (κ3) is 7.93. The summed E-state index contributed by atoms with van der Waals surface area (Å²) >= 11 is 0. The predicted octanol–water partition coefficient (Wildman–Crippen LogP) is 5.61. The topological polar surface area (TPSA) is 76.4 Å². The number of ether oxygens (including phenoxy) is 2. The maximum Gasteiger partial charge on any atom is 0.320 e. The molecule has 0 saturated carbocycles. The van der Waals surface area contributed by atoms with E-state index in [1.165, 1.54) is 0 Å². The number of nitrogens with zero attached hydrogens (tertiary/aromatic N) is 1. The van der Waals surface area contributed by atoms with Crippen LogP contribution in [-0.2, 0) is 24.5 Å². The number of nitriles is 1. The summed E-state index contributed by atoms with van der Waals surface area (Å²) in [5.74, 6) is -4.21. The molecule has 0 heterocycles. The van der Waals surface area contributed by atoms with Crippen molar-refractivity contribution >= 4 is 11.9 Å². The fraction of sp³-hybridized carbons (Fsp3) is 0.625. The minimum atomic E-state index is -1.40. The Kier molecular flexibility index (Phi) is 8.74. The molecule has 0 aliphatic heterocycles. The first-order chi connectivity index (χ1) is 14.1. The van der Waals surface area contributed by atoms with Crippen molar-refractivity contribution < 1.29 is 27.8 Å². The molecule has 1 aromatic carbocycles. The number of rotatable bonds is 8. The number of hydrogen-bond acceptors (Lipinski definition) is 5. The zero-order valence-electron chi connectivity index (χ0n) is 19.5. The van der Waals surface area contributed by atoms with Crippen LogP contribution < -0.4 is 0 Å². The number of hydrogen-bond donors (Lipinski definition) is 0. The van der Waals surface area contributed by atoms with Crippen LogP contribution in [0.3, 0.4) is 0 Å². The molecule has 172 valence electrons. The Balaban J connectivity index is 3.31. The summed E-state index contributed by atoms with van der Waals surface area (Å²) in [5.41, 5.74) is -3.14. The fourth-order valence-corrected chi connectivity index (χ4v) is 3.33. The van der Waals surface area contributed by atoms with Crippen molar-refractivity contribution in [2.45, 2.75) is 90.8 Å². The van der Waals surface area contributed by atoms with E-state index in [-0.39, 0.29) is 24.8 Å². The number of benzene rings is 1. The molecule has 0 N–H and O–H groups in total. The van der Waals surface area contributed by atoms with Crippen molar-refractivity contribution in [1.29, 1.82) is 5.26 Å². The quantitative estimate of drug-likeness (QED) is 0.390. The standard InChI is InChI=1S/C24H33F2NO4/c1-8-12-24(15-27,18-14-16(25)9-10-19(18)26)13-11-17(20(28)30-22(2,3)4)21(29)31-23(5,6)7/h9-10,14,17H,8,11-13H2,1-7H3. The van der Waals surface area contributed by atoms with Gasteiger partial charge in [-0.3, -0.25) is 9.59 Å². The van der Waals surface area contributed by atoms with Crippen LogP contribution in [0.15, 0.2) is 18.2 Å². The highest BCUT2D eigenvalue weighted by atomic mass is 19.1. The molecule has 0 fully saturated rings. The molecule has 31 heavy (non-hydrogen) atoms. The van der Waals surface area contributed by atoms with Crippen molar-refractivity contribution in [2.24, 2.45) is 5.92 Å². The normalized spacial score (nSPS) is 14.0. The van der Waals surface area contributed by atoms with Gasteiger partial charge in [0, 0.05) is 5.56 Å². The van der Waals surface area contributed by atoms with Crippen LogP contribution in [0.5, 0.6) is 0 Å². The molecule has 0 aliphatic rings. The minimum absolute atomic E-state index is 0.0408. The maximum absolute atomic E-state index is 14.6. The van der Waals surface area contributed by atoms with Gasteiger partial charge in [-0.2, -0.15) is 5.26 Å². The number of carbonyl (C=O) groups excluding carboxylic acids is 2. The summed E-state index contributed by atoms with van der Waals surface area (Å²) in [4.78, 5) is 25.5. The predicted molar refractivity (Wildman–Crippen MR) is 113 cm³/mol. The second kappa shape index (κ2) is 10.2. The molecule has 0 bridgehead atoms. The third-order valence-corrected chi connectivity index (χ3v) is 4.58. The highest BCUT2D eigenvalue weighted by Crippen LogP contribution is 2.37. The number of esters is 2. The van der Waals surface area contributed by atoms with Gasteiger partial charge in [0.1, 0.15) is 22.8 Å². The first kappa shape index (κ1) is 26.5. The summed E-state index contributed by atoms with van der Waals surface area (Å²) in [5, 5.41) is 9.97. The van der Waals surface area contributed by atoms with Gasteiger partial charge >= 0.3 is 11.9 Å². The smallest absolute Gasteiger partial charge is 0.320 e. The molecule has 0 spiro atoms. The molecule has 0 aromatic heterocycles. The monoisotopic (exact) mass is 437 g/mol. The summed E-state index contributed by atoms with van der Waals surface area (Å²) in [6, 6.07) is 5.08. The Morgan fingerprint density at radius 1 is 1.00 bits per heavy atom. The molecule has 0 amide bonds. The van der Waals surface area contributed by atoms with E-state index in [2.05, 4.69) is 6.07 Å². The lowest BCUT2D eigenvalue weighted by Gasteiger charge is -2.30. The van der Waals surface area contributed by atoms with E-state index in [0.29, 0.717) is 6.42 Å². The lowest BCUT2D eigenvalue weighted by Crippen LogP contribution is -2.38. The largest absolute Gasteiger partial charge is 0.459 e. The molecule has 0 aliphatic carbocycles. The number of halogens is 2. The highest BCUT2D eigenvalue weighted by Gasteiger charge is 2.40.